The average molecular weight is 310 g/mol. The van der Waals surface area contributed by atoms with Crippen LogP contribution < -0.4 is 15.5 Å². The molecule has 0 aliphatic carbocycles. The molecule has 2 amide bonds. The zero-order valence-electron chi connectivity index (χ0n) is 12.3. The standard InChI is InChI=1S/C15H20ClN3O2/c1-3-12-15(21)18-13(20)9-19(12)14-10(8-17-4-2)6-5-7-11(14)16/h5-7,12,17H,3-4,8-9H2,1-2H3,(H,18,20,21). The fourth-order valence-corrected chi connectivity index (χ4v) is 2.89. The Morgan fingerprint density at radius 3 is 2.81 bits per heavy atom. The van der Waals surface area contributed by atoms with E-state index in [4.69, 9.17) is 11.6 Å². The van der Waals surface area contributed by atoms with Gasteiger partial charge in [0.15, 0.2) is 0 Å². The second kappa shape index (κ2) is 6.91. The fourth-order valence-electron chi connectivity index (χ4n) is 2.59. The van der Waals surface area contributed by atoms with Gasteiger partial charge in [-0.15, -0.1) is 0 Å². The highest BCUT2D eigenvalue weighted by molar-refractivity contribution is 6.33. The molecule has 0 bridgehead atoms. The van der Waals surface area contributed by atoms with Crippen LogP contribution in [0.5, 0.6) is 0 Å². The highest BCUT2D eigenvalue weighted by Crippen LogP contribution is 2.32. The predicted octanol–water partition coefficient (Wildman–Crippen LogP) is 1.69. The molecule has 0 spiro atoms. The number of nitrogens with zero attached hydrogens (tertiary/aromatic N) is 1. The number of hydrogen-bond donors (Lipinski definition) is 2. The lowest BCUT2D eigenvalue weighted by atomic mass is 10.0. The van der Waals surface area contributed by atoms with Gasteiger partial charge >= 0.3 is 0 Å². The molecule has 0 aromatic heterocycles. The van der Waals surface area contributed by atoms with Crippen LogP contribution in [0.3, 0.4) is 0 Å². The van der Waals surface area contributed by atoms with Crippen molar-refractivity contribution in [1.82, 2.24) is 10.6 Å². The summed E-state index contributed by atoms with van der Waals surface area (Å²) < 4.78 is 0. The summed E-state index contributed by atoms with van der Waals surface area (Å²) in [6, 6.07) is 5.26. The zero-order chi connectivity index (χ0) is 15.4. The van der Waals surface area contributed by atoms with E-state index in [0.717, 1.165) is 17.8 Å². The van der Waals surface area contributed by atoms with E-state index in [0.29, 0.717) is 18.0 Å². The highest BCUT2D eigenvalue weighted by Gasteiger charge is 2.34. The van der Waals surface area contributed by atoms with Gasteiger partial charge in [0.25, 0.3) is 0 Å². The lowest BCUT2D eigenvalue weighted by molar-refractivity contribution is -0.132. The van der Waals surface area contributed by atoms with Crippen molar-refractivity contribution in [3.8, 4) is 0 Å². The minimum Gasteiger partial charge on any atom is -0.349 e. The summed E-state index contributed by atoms with van der Waals surface area (Å²) in [4.78, 5) is 25.6. The normalized spacial score (nSPS) is 18.8. The van der Waals surface area contributed by atoms with Gasteiger partial charge in [-0.3, -0.25) is 14.9 Å². The van der Waals surface area contributed by atoms with Crippen LogP contribution in [0.15, 0.2) is 18.2 Å². The van der Waals surface area contributed by atoms with Gasteiger partial charge in [0.05, 0.1) is 17.3 Å². The van der Waals surface area contributed by atoms with E-state index in [-0.39, 0.29) is 24.4 Å². The van der Waals surface area contributed by atoms with Crippen molar-refractivity contribution in [1.29, 1.82) is 0 Å². The van der Waals surface area contributed by atoms with Crippen LogP contribution in [0.25, 0.3) is 0 Å². The molecule has 0 radical (unpaired) electrons. The van der Waals surface area contributed by atoms with Gasteiger partial charge in [-0.2, -0.15) is 0 Å². The fraction of sp³-hybridized carbons (Fsp3) is 0.467. The van der Waals surface area contributed by atoms with Crippen LogP contribution in [0.1, 0.15) is 25.8 Å². The Morgan fingerprint density at radius 1 is 1.38 bits per heavy atom. The monoisotopic (exact) mass is 309 g/mol. The van der Waals surface area contributed by atoms with Gasteiger partial charge in [-0.05, 0) is 24.6 Å². The summed E-state index contributed by atoms with van der Waals surface area (Å²) in [7, 11) is 0. The number of imide groups is 1. The molecule has 1 atom stereocenters. The van der Waals surface area contributed by atoms with E-state index < -0.39 is 0 Å². The number of rotatable bonds is 5. The zero-order valence-corrected chi connectivity index (χ0v) is 13.0. The Bertz CT molecular complexity index is 548. The third-order valence-electron chi connectivity index (χ3n) is 3.57. The Balaban J connectivity index is 2.42. The molecule has 1 saturated heterocycles. The van der Waals surface area contributed by atoms with Gasteiger partial charge in [0.1, 0.15) is 6.04 Å². The number of carbonyl (C=O) groups excluding carboxylic acids is 2. The average Bonchev–Trinajstić information content (AvgIpc) is 2.44. The van der Waals surface area contributed by atoms with Crippen molar-refractivity contribution in [2.75, 3.05) is 18.0 Å². The second-order valence-electron chi connectivity index (χ2n) is 4.99. The van der Waals surface area contributed by atoms with Crippen LogP contribution >= 0.6 is 11.6 Å². The minimum absolute atomic E-state index is 0.146. The SMILES string of the molecule is CCNCc1cccc(Cl)c1N1CC(=O)NC(=O)C1CC. The molecule has 1 fully saturated rings. The third-order valence-corrected chi connectivity index (χ3v) is 3.87. The number of benzene rings is 1. The first-order valence-electron chi connectivity index (χ1n) is 7.16. The molecule has 1 aliphatic rings. The Labute approximate surface area is 129 Å². The van der Waals surface area contributed by atoms with Gasteiger partial charge in [-0.1, -0.05) is 37.6 Å². The molecule has 2 rings (SSSR count). The number of anilines is 1. The topological polar surface area (TPSA) is 61.4 Å². The molecule has 0 saturated carbocycles. The van der Waals surface area contributed by atoms with E-state index in [9.17, 15) is 9.59 Å². The molecule has 5 nitrogen and oxygen atoms in total. The Kier molecular flexibility index (Phi) is 5.20. The van der Waals surface area contributed by atoms with Gasteiger partial charge < -0.3 is 10.2 Å². The maximum absolute atomic E-state index is 12.0. The highest BCUT2D eigenvalue weighted by atomic mass is 35.5. The summed E-state index contributed by atoms with van der Waals surface area (Å²) in [6.07, 6.45) is 0.616. The number of halogens is 1. The van der Waals surface area contributed by atoms with Crippen molar-refractivity contribution >= 4 is 29.1 Å². The van der Waals surface area contributed by atoms with E-state index in [1.807, 2.05) is 30.9 Å². The van der Waals surface area contributed by atoms with Crippen molar-refractivity contribution in [3.63, 3.8) is 0 Å². The maximum Gasteiger partial charge on any atom is 0.249 e. The van der Waals surface area contributed by atoms with Crippen LogP contribution in [0.2, 0.25) is 5.02 Å². The minimum atomic E-state index is -0.372. The second-order valence-corrected chi connectivity index (χ2v) is 5.40. The summed E-state index contributed by atoms with van der Waals surface area (Å²) in [5, 5.41) is 6.20. The van der Waals surface area contributed by atoms with Crippen LogP contribution in [0.4, 0.5) is 5.69 Å². The van der Waals surface area contributed by atoms with E-state index >= 15 is 0 Å². The lowest BCUT2D eigenvalue weighted by Gasteiger charge is -2.37. The van der Waals surface area contributed by atoms with Crippen LogP contribution in [-0.4, -0.2) is 30.9 Å². The van der Waals surface area contributed by atoms with E-state index in [1.54, 1.807) is 6.07 Å². The van der Waals surface area contributed by atoms with Gasteiger partial charge in [0.2, 0.25) is 11.8 Å². The number of nitrogens with one attached hydrogen (secondary N) is 2. The first kappa shape index (κ1) is 15.8. The number of para-hydroxylation sites is 1. The maximum atomic E-state index is 12.0. The van der Waals surface area contributed by atoms with Crippen molar-refractivity contribution < 1.29 is 9.59 Å². The van der Waals surface area contributed by atoms with E-state index in [1.165, 1.54) is 0 Å². The van der Waals surface area contributed by atoms with Crippen molar-refractivity contribution in [3.05, 3.63) is 28.8 Å². The molecule has 1 aliphatic heterocycles. The molecular weight excluding hydrogens is 290 g/mol. The molecule has 2 N–H and O–H groups in total. The van der Waals surface area contributed by atoms with Crippen molar-refractivity contribution in [2.45, 2.75) is 32.9 Å². The van der Waals surface area contributed by atoms with Crippen LogP contribution in [-0.2, 0) is 16.1 Å². The molecule has 21 heavy (non-hydrogen) atoms. The third kappa shape index (κ3) is 3.36. The largest absolute Gasteiger partial charge is 0.349 e. The number of hydrogen-bond acceptors (Lipinski definition) is 4. The predicted molar refractivity (Wildman–Crippen MR) is 83.4 cm³/mol. The summed E-state index contributed by atoms with van der Waals surface area (Å²) in [5.74, 6) is -0.554. The molecule has 6 heteroatoms. The molecule has 1 heterocycles. The summed E-state index contributed by atoms with van der Waals surface area (Å²) in [6.45, 7) is 5.58. The quantitative estimate of drug-likeness (QED) is 0.813. The first-order valence-corrected chi connectivity index (χ1v) is 7.54. The number of piperazine rings is 1. The molecule has 1 aromatic rings. The molecule has 1 aromatic carbocycles. The Morgan fingerprint density at radius 2 is 2.14 bits per heavy atom. The van der Waals surface area contributed by atoms with Gasteiger partial charge in [-0.25, -0.2) is 0 Å². The first-order chi connectivity index (χ1) is 10.1. The molecule has 114 valence electrons. The smallest absolute Gasteiger partial charge is 0.249 e. The molecular formula is C15H20ClN3O2. The van der Waals surface area contributed by atoms with E-state index in [2.05, 4.69) is 10.6 Å². The molecule has 1 unspecified atom stereocenters. The summed E-state index contributed by atoms with van der Waals surface area (Å²) >= 11 is 6.35. The lowest BCUT2D eigenvalue weighted by Crippen LogP contribution is -2.58. The van der Waals surface area contributed by atoms with Crippen LogP contribution in [0, 0.1) is 0 Å². The van der Waals surface area contributed by atoms with Crippen molar-refractivity contribution in [2.24, 2.45) is 0 Å². The number of amides is 2. The Hall–Kier alpha value is -1.59. The summed E-state index contributed by atoms with van der Waals surface area (Å²) in [5.41, 5.74) is 1.76. The van der Waals surface area contributed by atoms with Gasteiger partial charge in [0, 0.05) is 6.54 Å². The number of carbonyl (C=O) groups is 2.